The van der Waals surface area contributed by atoms with Crippen LogP contribution >= 0.6 is 0 Å². The Morgan fingerprint density at radius 1 is 0.867 bits per heavy atom. The van der Waals surface area contributed by atoms with Gasteiger partial charge in [0.15, 0.2) is 0 Å². The monoisotopic (exact) mass is 214 g/mol. The Labute approximate surface area is 98.9 Å². The lowest BCUT2D eigenvalue weighted by Crippen LogP contribution is -2.15. The van der Waals surface area contributed by atoms with Crippen molar-refractivity contribution in [2.24, 2.45) is 11.8 Å². The lowest BCUT2D eigenvalue weighted by molar-refractivity contribution is 0.242. The number of rotatable bonds is 4. The van der Waals surface area contributed by atoms with Gasteiger partial charge < -0.3 is 0 Å². The Balaban J connectivity index is 0. The zero-order chi connectivity index (χ0) is 10.8. The van der Waals surface area contributed by atoms with Gasteiger partial charge in [-0.25, -0.2) is 0 Å². The largest absolute Gasteiger partial charge is 0.0776 e. The van der Waals surface area contributed by atoms with E-state index in [1.54, 1.807) is 6.42 Å². The molecule has 0 aliphatic heterocycles. The molecule has 0 nitrogen and oxygen atoms in total. The molecule has 2 atom stereocenters. The Kier molecular flexibility index (Phi) is 14.0. The average Bonchev–Trinajstić information content (AvgIpc) is 2.22. The molecule has 0 bridgehead atoms. The van der Waals surface area contributed by atoms with Crippen molar-refractivity contribution in [1.29, 1.82) is 0 Å². The molecule has 1 aliphatic carbocycles. The van der Waals surface area contributed by atoms with E-state index in [0.717, 1.165) is 11.8 Å². The lowest BCUT2D eigenvalue weighted by Gasteiger charge is -2.28. The SMILES string of the molecule is C.CC.CCCC1CCCC(CCC)C1. The summed E-state index contributed by atoms with van der Waals surface area (Å²) in [6, 6.07) is 0. The standard InChI is InChI=1S/C12H24.C2H6.CH4/c1-3-6-11-8-5-9-12(10-11)7-4-2;1-2;/h11-12H,3-10H2,1-2H3;1-2H3;1H4. The van der Waals surface area contributed by atoms with Gasteiger partial charge in [0.25, 0.3) is 0 Å². The highest BCUT2D eigenvalue weighted by molar-refractivity contribution is 4.72. The molecule has 0 spiro atoms. The van der Waals surface area contributed by atoms with Crippen LogP contribution in [0.25, 0.3) is 0 Å². The zero-order valence-electron chi connectivity index (χ0n) is 10.8. The van der Waals surface area contributed by atoms with Gasteiger partial charge in [0.05, 0.1) is 0 Å². The van der Waals surface area contributed by atoms with E-state index >= 15 is 0 Å². The molecule has 2 unspecified atom stereocenters. The summed E-state index contributed by atoms with van der Waals surface area (Å²) >= 11 is 0. The third-order valence-electron chi connectivity index (χ3n) is 3.29. The molecule has 0 heteroatoms. The van der Waals surface area contributed by atoms with E-state index in [0.29, 0.717) is 0 Å². The van der Waals surface area contributed by atoms with Crippen molar-refractivity contribution in [2.75, 3.05) is 0 Å². The molecule has 1 rings (SSSR count). The summed E-state index contributed by atoms with van der Waals surface area (Å²) in [5, 5.41) is 0. The molecule has 0 N–H and O–H groups in total. The second kappa shape index (κ2) is 12.1. The molecular weight excluding hydrogens is 180 g/mol. The van der Waals surface area contributed by atoms with Gasteiger partial charge in [0.1, 0.15) is 0 Å². The molecule has 0 aromatic heterocycles. The minimum Gasteiger partial charge on any atom is -0.0776 e. The zero-order valence-corrected chi connectivity index (χ0v) is 10.8. The summed E-state index contributed by atoms with van der Waals surface area (Å²) in [5.41, 5.74) is 0. The Bertz CT molecular complexity index is 90.6. The fraction of sp³-hybridized carbons (Fsp3) is 1.00. The van der Waals surface area contributed by atoms with E-state index in [1.807, 2.05) is 13.8 Å². The molecule has 1 fully saturated rings. The summed E-state index contributed by atoms with van der Waals surface area (Å²) in [7, 11) is 0. The third-order valence-corrected chi connectivity index (χ3v) is 3.29. The van der Waals surface area contributed by atoms with Crippen molar-refractivity contribution in [3.05, 3.63) is 0 Å². The maximum absolute atomic E-state index is 2.32. The highest BCUT2D eigenvalue weighted by atomic mass is 14.3. The first-order valence-corrected chi connectivity index (χ1v) is 6.86. The van der Waals surface area contributed by atoms with Crippen molar-refractivity contribution in [3.8, 4) is 0 Å². The van der Waals surface area contributed by atoms with Gasteiger partial charge in [-0.2, -0.15) is 0 Å². The van der Waals surface area contributed by atoms with Crippen LogP contribution in [0.4, 0.5) is 0 Å². The molecule has 94 valence electrons. The first-order valence-electron chi connectivity index (χ1n) is 6.86. The lowest BCUT2D eigenvalue weighted by atomic mass is 9.78. The minimum absolute atomic E-state index is 0. The van der Waals surface area contributed by atoms with Gasteiger partial charge >= 0.3 is 0 Å². The highest BCUT2D eigenvalue weighted by Gasteiger charge is 2.20. The quantitative estimate of drug-likeness (QED) is 0.534. The van der Waals surface area contributed by atoms with Crippen molar-refractivity contribution < 1.29 is 0 Å². The van der Waals surface area contributed by atoms with E-state index < -0.39 is 0 Å². The van der Waals surface area contributed by atoms with E-state index in [1.165, 1.54) is 44.9 Å². The smallest absolute Gasteiger partial charge is 0.0412 e. The van der Waals surface area contributed by atoms with Gasteiger partial charge in [0, 0.05) is 0 Å². The maximum atomic E-state index is 2.32. The molecule has 0 saturated heterocycles. The fourth-order valence-corrected chi connectivity index (χ4v) is 2.74. The molecule has 0 heterocycles. The average molecular weight is 214 g/mol. The first kappa shape index (κ1) is 17.4. The van der Waals surface area contributed by atoms with Gasteiger partial charge in [-0.05, 0) is 18.3 Å². The van der Waals surface area contributed by atoms with Gasteiger partial charge in [-0.1, -0.05) is 80.1 Å². The molecule has 1 saturated carbocycles. The fourth-order valence-electron chi connectivity index (χ4n) is 2.74. The van der Waals surface area contributed by atoms with Crippen LogP contribution in [0, 0.1) is 11.8 Å². The molecule has 0 aromatic carbocycles. The van der Waals surface area contributed by atoms with Crippen LogP contribution in [-0.4, -0.2) is 0 Å². The predicted molar refractivity (Wildman–Crippen MR) is 73.3 cm³/mol. The summed E-state index contributed by atoms with van der Waals surface area (Å²) in [4.78, 5) is 0. The van der Waals surface area contributed by atoms with Gasteiger partial charge in [-0.3, -0.25) is 0 Å². The first-order chi connectivity index (χ1) is 6.86. The van der Waals surface area contributed by atoms with Crippen LogP contribution in [0.5, 0.6) is 0 Å². The van der Waals surface area contributed by atoms with E-state index in [4.69, 9.17) is 0 Å². The predicted octanol–water partition coefficient (Wildman–Crippen LogP) is 6.06. The Morgan fingerprint density at radius 2 is 1.27 bits per heavy atom. The molecule has 0 aromatic rings. The maximum Gasteiger partial charge on any atom is -0.0412 e. The second-order valence-corrected chi connectivity index (χ2v) is 4.48. The minimum atomic E-state index is 0. The Hall–Kier alpha value is 0. The second-order valence-electron chi connectivity index (χ2n) is 4.48. The van der Waals surface area contributed by atoms with Crippen LogP contribution in [0.1, 0.15) is 86.5 Å². The van der Waals surface area contributed by atoms with E-state index in [9.17, 15) is 0 Å². The summed E-state index contributed by atoms with van der Waals surface area (Å²) in [6.45, 7) is 8.65. The van der Waals surface area contributed by atoms with Gasteiger partial charge in [-0.15, -0.1) is 0 Å². The summed E-state index contributed by atoms with van der Waals surface area (Å²) in [6.07, 6.45) is 11.9. The van der Waals surface area contributed by atoms with Crippen LogP contribution in [0.3, 0.4) is 0 Å². The van der Waals surface area contributed by atoms with Gasteiger partial charge in [0.2, 0.25) is 0 Å². The topological polar surface area (TPSA) is 0 Å². The van der Waals surface area contributed by atoms with Crippen LogP contribution in [0.2, 0.25) is 0 Å². The van der Waals surface area contributed by atoms with Crippen molar-refractivity contribution >= 4 is 0 Å². The Morgan fingerprint density at radius 3 is 1.60 bits per heavy atom. The van der Waals surface area contributed by atoms with Crippen LogP contribution in [-0.2, 0) is 0 Å². The van der Waals surface area contributed by atoms with Crippen molar-refractivity contribution in [3.63, 3.8) is 0 Å². The highest BCUT2D eigenvalue weighted by Crippen LogP contribution is 2.33. The summed E-state index contributed by atoms with van der Waals surface area (Å²) < 4.78 is 0. The van der Waals surface area contributed by atoms with Crippen LogP contribution < -0.4 is 0 Å². The molecule has 0 amide bonds. The molecule has 15 heavy (non-hydrogen) atoms. The molecule has 1 aliphatic rings. The number of hydrogen-bond acceptors (Lipinski definition) is 0. The normalized spacial score (nSPS) is 24.8. The van der Waals surface area contributed by atoms with E-state index in [-0.39, 0.29) is 7.43 Å². The molecule has 0 radical (unpaired) electrons. The van der Waals surface area contributed by atoms with Crippen molar-refractivity contribution in [1.82, 2.24) is 0 Å². The van der Waals surface area contributed by atoms with E-state index in [2.05, 4.69) is 13.8 Å². The number of hydrogen-bond donors (Lipinski definition) is 0. The third kappa shape index (κ3) is 7.88. The van der Waals surface area contributed by atoms with Crippen molar-refractivity contribution in [2.45, 2.75) is 86.5 Å². The van der Waals surface area contributed by atoms with Crippen LogP contribution in [0.15, 0.2) is 0 Å². The molecular formula is C15H34. The summed E-state index contributed by atoms with van der Waals surface area (Å²) in [5.74, 6) is 2.17.